The first-order chi connectivity index (χ1) is 12.8. The van der Waals surface area contributed by atoms with Crippen molar-refractivity contribution in [3.63, 3.8) is 0 Å². The average molecular weight is 372 g/mol. The maximum atomic E-state index is 10.9. The van der Waals surface area contributed by atoms with Crippen LogP contribution in [0.5, 0.6) is 0 Å². The van der Waals surface area contributed by atoms with Gasteiger partial charge >= 0.3 is 0 Å². The smallest absolute Gasteiger partial charge is 0.222 e. The SMILES string of the molecule is CC1=C(C=O)CN(N)C(=N)N1C.CNc1ccc2[nH]nc(NC(C)=O)c2c1. The normalized spacial score (nSPS) is 14.0. The molecule has 2 aromatic rings. The summed E-state index contributed by atoms with van der Waals surface area (Å²) >= 11 is 0. The van der Waals surface area contributed by atoms with Crippen molar-refractivity contribution in [2.45, 2.75) is 13.8 Å². The first kappa shape index (κ1) is 19.9. The second-order valence-electron chi connectivity index (χ2n) is 6.00. The Balaban J connectivity index is 0.000000199. The lowest BCUT2D eigenvalue weighted by atomic mass is 10.2. The van der Waals surface area contributed by atoms with Gasteiger partial charge in [-0.2, -0.15) is 5.10 Å². The molecule has 144 valence electrons. The van der Waals surface area contributed by atoms with E-state index in [9.17, 15) is 9.59 Å². The lowest BCUT2D eigenvalue weighted by Gasteiger charge is -2.33. The van der Waals surface area contributed by atoms with E-state index in [4.69, 9.17) is 11.3 Å². The first-order valence-electron chi connectivity index (χ1n) is 8.21. The van der Waals surface area contributed by atoms with Gasteiger partial charge in [-0.25, -0.2) is 5.84 Å². The molecule has 1 aromatic heterocycles. The van der Waals surface area contributed by atoms with Crippen molar-refractivity contribution in [2.75, 3.05) is 31.3 Å². The zero-order chi connectivity index (χ0) is 20.1. The molecule has 0 fully saturated rings. The molecule has 0 aliphatic carbocycles. The highest BCUT2D eigenvalue weighted by molar-refractivity contribution is 5.99. The summed E-state index contributed by atoms with van der Waals surface area (Å²) in [4.78, 5) is 23.0. The molecule has 27 heavy (non-hydrogen) atoms. The maximum absolute atomic E-state index is 10.9. The number of anilines is 2. The number of rotatable bonds is 3. The quantitative estimate of drug-likeness (QED) is 0.400. The van der Waals surface area contributed by atoms with E-state index in [0.717, 1.165) is 28.6 Å². The largest absolute Gasteiger partial charge is 0.388 e. The Morgan fingerprint density at radius 2 is 2.15 bits per heavy atom. The van der Waals surface area contributed by atoms with Crippen LogP contribution in [0.1, 0.15) is 13.8 Å². The number of fused-ring (bicyclic) bond motifs is 1. The molecule has 10 nitrogen and oxygen atoms in total. The van der Waals surface area contributed by atoms with Crippen molar-refractivity contribution in [1.82, 2.24) is 20.1 Å². The highest BCUT2D eigenvalue weighted by Gasteiger charge is 2.21. The number of carbonyl (C=O) groups is 2. The summed E-state index contributed by atoms with van der Waals surface area (Å²) in [5, 5.41) is 22.2. The summed E-state index contributed by atoms with van der Waals surface area (Å²) in [5.41, 5.74) is 3.29. The molecular formula is C17H24N8O2. The minimum Gasteiger partial charge on any atom is -0.388 e. The van der Waals surface area contributed by atoms with Gasteiger partial charge in [-0.1, -0.05) is 0 Å². The highest BCUT2D eigenvalue weighted by atomic mass is 16.1. The molecule has 2 heterocycles. The molecular weight excluding hydrogens is 348 g/mol. The molecule has 0 spiro atoms. The van der Waals surface area contributed by atoms with E-state index in [1.54, 1.807) is 18.9 Å². The van der Waals surface area contributed by atoms with E-state index < -0.39 is 0 Å². The van der Waals surface area contributed by atoms with Crippen LogP contribution in [0.4, 0.5) is 11.5 Å². The minimum absolute atomic E-state index is 0.127. The summed E-state index contributed by atoms with van der Waals surface area (Å²) in [6, 6.07) is 5.79. The fraction of sp³-hybridized carbons (Fsp3) is 0.294. The molecule has 0 saturated heterocycles. The van der Waals surface area contributed by atoms with Crippen LogP contribution >= 0.6 is 0 Å². The molecule has 1 aliphatic rings. The number of hydrazine groups is 1. The highest BCUT2D eigenvalue weighted by Crippen LogP contribution is 2.23. The number of nitrogens with zero attached hydrogens (tertiary/aromatic N) is 3. The van der Waals surface area contributed by atoms with Crippen molar-refractivity contribution in [2.24, 2.45) is 5.84 Å². The van der Waals surface area contributed by atoms with E-state index in [1.165, 1.54) is 11.9 Å². The number of nitrogens with one attached hydrogen (secondary N) is 4. The number of hydrogen-bond acceptors (Lipinski definition) is 6. The summed E-state index contributed by atoms with van der Waals surface area (Å²) in [5.74, 6) is 6.12. The van der Waals surface area contributed by atoms with Crippen LogP contribution in [0.15, 0.2) is 29.5 Å². The molecule has 1 aliphatic heterocycles. The molecule has 6 N–H and O–H groups in total. The van der Waals surface area contributed by atoms with Crippen LogP contribution in [-0.4, -0.2) is 58.9 Å². The molecule has 0 radical (unpaired) electrons. The van der Waals surface area contributed by atoms with Gasteiger partial charge in [0.1, 0.15) is 6.29 Å². The van der Waals surface area contributed by atoms with Crippen molar-refractivity contribution < 1.29 is 9.59 Å². The van der Waals surface area contributed by atoms with E-state index in [2.05, 4.69) is 20.8 Å². The maximum Gasteiger partial charge on any atom is 0.222 e. The zero-order valence-electron chi connectivity index (χ0n) is 15.8. The molecule has 0 atom stereocenters. The number of carbonyl (C=O) groups excluding carboxylic acids is 2. The monoisotopic (exact) mass is 372 g/mol. The number of aromatic nitrogens is 2. The number of aldehydes is 1. The lowest BCUT2D eigenvalue weighted by molar-refractivity contribution is -0.114. The van der Waals surface area contributed by atoms with Crippen LogP contribution < -0.4 is 16.5 Å². The van der Waals surface area contributed by atoms with Gasteiger partial charge in [0, 0.05) is 43.4 Å². The summed E-state index contributed by atoms with van der Waals surface area (Å²) in [6.07, 6.45) is 0.776. The molecule has 0 saturated carbocycles. The second-order valence-corrected chi connectivity index (χ2v) is 6.00. The predicted octanol–water partition coefficient (Wildman–Crippen LogP) is 1.08. The average Bonchev–Trinajstić information content (AvgIpc) is 3.04. The van der Waals surface area contributed by atoms with E-state index in [1.807, 2.05) is 25.2 Å². The standard InChI is InChI=1S/C10H12N4O.C7H12N4O/c1-6(15)12-10-8-5-7(11-2)3-4-9(8)13-14-10;1-5-6(4-12)3-11(9)7(8)10(5)2/h3-5,11H,1-2H3,(H2,12,13,14,15);4,8H,3,9H2,1-2H3. The Bertz CT molecular complexity index is 901. The molecule has 1 aromatic carbocycles. The third kappa shape index (κ3) is 4.42. The summed E-state index contributed by atoms with van der Waals surface area (Å²) in [6.45, 7) is 3.58. The Morgan fingerprint density at radius 3 is 2.74 bits per heavy atom. The zero-order valence-corrected chi connectivity index (χ0v) is 15.8. The summed E-state index contributed by atoms with van der Waals surface area (Å²) < 4.78 is 0. The number of guanidine groups is 1. The number of amides is 1. The van der Waals surface area contributed by atoms with Crippen molar-refractivity contribution in [3.8, 4) is 0 Å². The lowest BCUT2D eigenvalue weighted by Crippen LogP contribution is -2.50. The van der Waals surface area contributed by atoms with E-state index in [-0.39, 0.29) is 11.9 Å². The Hall–Kier alpha value is -3.40. The molecule has 0 unspecified atom stereocenters. The predicted molar refractivity (Wildman–Crippen MR) is 105 cm³/mol. The first-order valence-corrected chi connectivity index (χ1v) is 8.21. The Kier molecular flexibility index (Phi) is 6.14. The topological polar surface area (TPSA) is 143 Å². The minimum atomic E-state index is -0.127. The van der Waals surface area contributed by atoms with Gasteiger partial charge in [0.25, 0.3) is 0 Å². The number of H-pyrrole nitrogens is 1. The van der Waals surface area contributed by atoms with Crippen LogP contribution in [0.3, 0.4) is 0 Å². The number of aromatic amines is 1. The number of benzene rings is 1. The molecule has 3 rings (SSSR count). The van der Waals surface area contributed by atoms with Gasteiger partial charge in [-0.05, 0) is 25.1 Å². The van der Waals surface area contributed by atoms with Crippen LogP contribution in [-0.2, 0) is 9.59 Å². The van der Waals surface area contributed by atoms with Crippen LogP contribution in [0.25, 0.3) is 10.9 Å². The van der Waals surface area contributed by atoms with Crippen molar-refractivity contribution >= 4 is 40.6 Å². The van der Waals surface area contributed by atoms with Gasteiger partial charge in [0.05, 0.1) is 12.1 Å². The molecule has 1 amide bonds. The van der Waals surface area contributed by atoms with Crippen LogP contribution in [0, 0.1) is 5.41 Å². The van der Waals surface area contributed by atoms with Gasteiger partial charge in [0.2, 0.25) is 11.9 Å². The fourth-order valence-electron chi connectivity index (χ4n) is 2.49. The number of hydrogen-bond donors (Lipinski definition) is 5. The van der Waals surface area contributed by atoms with Crippen molar-refractivity contribution in [3.05, 3.63) is 29.5 Å². The number of nitrogens with two attached hydrogens (primary N) is 1. The van der Waals surface area contributed by atoms with Gasteiger partial charge < -0.3 is 15.5 Å². The number of allylic oxidation sites excluding steroid dienone is 1. The van der Waals surface area contributed by atoms with Gasteiger partial charge in [-0.15, -0.1) is 0 Å². The molecule has 10 heteroatoms. The third-order valence-electron chi connectivity index (χ3n) is 4.19. The molecule has 0 bridgehead atoms. The van der Waals surface area contributed by atoms with Crippen molar-refractivity contribution in [1.29, 1.82) is 5.41 Å². The van der Waals surface area contributed by atoms with Crippen LogP contribution in [0.2, 0.25) is 0 Å². The Labute approximate surface area is 156 Å². The fourth-order valence-corrected chi connectivity index (χ4v) is 2.49. The van der Waals surface area contributed by atoms with E-state index in [0.29, 0.717) is 17.9 Å². The second kappa shape index (κ2) is 8.32. The summed E-state index contributed by atoms with van der Waals surface area (Å²) in [7, 11) is 3.56. The Morgan fingerprint density at radius 1 is 1.44 bits per heavy atom. The van der Waals surface area contributed by atoms with Gasteiger partial charge in [0.15, 0.2) is 5.82 Å². The van der Waals surface area contributed by atoms with E-state index >= 15 is 0 Å². The van der Waals surface area contributed by atoms with Gasteiger partial charge in [-0.3, -0.25) is 25.1 Å². The third-order valence-corrected chi connectivity index (χ3v) is 4.19.